The van der Waals surface area contributed by atoms with Gasteiger partial charge in [-0.2, -0.15) is 0 Å². The van der Waals surface area contributed by atoms with E-state index in [1.165, 1.54) is 6.07 Å². The minimum Gasteiger partial charge on any atom is -0.489 e. The fourth-order valence-corrected chi connectivity index (χ4v) is 1.64. The highest BCUT2D eigenvalue weighted by Gasteiger charge is 2.04. The van der Waals surface area contributed by atoms with Crippen molar-refractivity contribution in [1.29, 1.82) is 0 Å². The molecule has 0 saturated heterocycles. The average molecular weight is 246 g/mol. The standard InChI is InChI=1S/C15H15FO2/c1-11(17)12-6-4-7-14(9-12)18-10-13-5-2-3-8-15(13)16/h2-9,11,17H,10H2,1H3/t11-/m1/s1. The van der Waals surface area contributed by atoms with Crippen molar-refractivity contribution in [2.24, 2.45) is 0 Å². The predicted octanol–water partition coefficient (Wildman–Crippen LogP) is 3.46. The lowest BCUT2D eigenvalue weighted by Gasteiger charge is -2.10. The molecule has 0 aliphatic heterocycles. The third-order valence-corrected chi connectivity index (χ3v) is 2.69. The molecule has 94 valence electrons. The Hall–Kier alpha value is -1.87. The number of ether oxygens (including phenoxy) is 1. The van der Waals surface area contributed by atoms with E-state index in [2.05, 4.69) is 0 Å². The highest BCUT2D eigenvalue weighted by molar-refractivity contribution is 5.30. The Labute approximate surface area is 106 Å². The van der Waals surface area contributed by atoms with Crippen molar-refractivity contribution in [3.05, 3.63) is 65.5 Å². The fourth-order valence-electron chi connectivity index (χ4n) is 1.64. The van der Waals surface area contributed by atoms with Crippen molar-refractivity contribution in [3.63, 3.8) is 0 Å². The van der Waals surface area contributed by atoms with Crippen molar-refractivity contribution < 1.29 is 14.2 Å². The van der Waals surface area contributed by atoms with Gasteiger partial charge in [-0.05, 0) is 30.7 Å². The molecule has 0 fully saturated rings. The Bertz CT molecular complexity index is 523. The molecule has 0 aromatic heterocycles. The molecule has 18 heavy (non-hydrogen) atoms. The number of aliphatic hydroxyl groups is 1. The molecular formula is C15H15FO2. The van der Waals surface area contributed by atoms with Crippen LogP contribution in [0.5, 0.6) is 5.75 Å². The van der Waals surface area contributed by atoms with Crippen LogP contribution in [-0.2, 0) is 6.61 Å². The van der Waals surface area contributed by atoms with Gasteiger partial charge in [0.05, 0.1) is 6.10 Å². The Morgan fingerprint density at radius 3 is 2.67 bits per heavy atom. The minimum absolute atomic E-state index is 0.177. The average Bonchev–Trinajstić information content (AvgIpc) is 2.38. The maximum atomic E-state index is 13.4. The minimum atomic E-state index is -0.540. The zero-order chi connectivity index (χ0) is 13.0. The highest BCUT2D eigenvalue weighted by Crippen LogP contribution is 2.20. The Balaban J connectivity index is 2.07. The molecule has 0 saturated carbocycles. The van der Waals surface area contributed by atoms with Crippen molar-refractivity contribution in [2.45, 2.75) is 19.6 Å². The molecule has 0 unspecified atom stereocenters. The smallest absolute Gasteiger partial charge is 0.129 e. The first-order chi connectivity index (χ1) is 8.66. The van der Waals surface area contributed by atoms with Gasteiger partial charge in [0.1, 0.15) is 18.2 Å². The molecule has 2 aromatic rings. The second-order valence-corrected chi connectivity index (χ2v) is 4.13. The topological polar surface area (TPSA) is 29.5 Å². The Morgan fingerprint density at radius 2 is 1.94 bits per heavy atom. The van der Waals surface area contributed by atoms with Gasteiger partial charge in [0.15, 0.2) is 0 Å². The van der Waals surface area contributed by atoms with Gasteiger partial charge in [0, 0.05) is 5.56 Å². The van der Waals surface area contributed by atoms with Crippen LogP contribution in [0.3, 0.4) is 0 Å². The lowest BCUT2D eigenvalue weighted by atomic mass is 10.1. The summed E-state index contributed by atoms with van der Waals surface area (Å²) in [5.41, 5.74) is 1.29. The zero-order valence-corrected chi connectivity index (χ0v) is 10.1. The predicted molar refractivity (Wildman–Crippen MR) is 67.8 cm³/mol. The summed E-state index contributed by atoms with van der Waals surface area (Å²) in [6.07, 6.45) is -0.540. The first-order valence-electron chi connectivity index (χ1n) is 5.81. The van der Waals surface area contributed by atoms with E-state index in [-0.39, 0.29) is 12.4 Å². The molecule has 2 nitrogen and oxygen atoms in total. The summed E-state index contributed by atoms with van der Waals surface area (Å²) in [7, 11) is 0. The summed E-state index contributed by atoms with van der Waals surface area (Å²) in [6.45, 7) is 1.87. The third-order valence-electron chi connectivity index (χ3n) is 2.69. The summed E-state index contributed by atoms with van der Waals surface area (Å²) in [4.78, 5) is 0. The summed E-state index contributed by atoms with van der Waals surface area (Å²) in [5, 5.41) is 9.46. The van der Waals surface area contributed by atoms with Gasteiger partial charge in [0.2, 0.25) is 0 Å². The number of aliphatic hydroxyl groups excluding tert-OH is 1. The molecule has 0 bridgehead atoms. The van der Waals surface area contributed by atoms with Gasteiger partial charge < -0.3 is 9.84 Å². The van der Waals surface area contributed by atoms with Crippen molar-refractivity contribution >= 4 is 0 Å². The van der Waals surface area contributed by atoms with Crippen LogP contribution in [0.15, 0.2) is 48.5 Å². The monoisotopic (exact) mass is 246 g/mol. The van der Waals surface area contributed by atoms with E-state index in [1.807, 2.05) is 6.07 Å². The van der Waals surface area contributed by atoms with Crippen LogP contribution in [0, 0.1) is 5.82 Å². The molecule has 0 spiro atoms. The summed E-state index contributed by atoms with van der Waals surface area (Å²) < 4.78 is 18.9. The third kappa shape index (κ3) is 3.08. The van der Waals surface area contributed by atoms with Gasteiger partial charge in [-0.1, -0.05) is 30.3 Å². The van der Waals surface area contributed by atoms with Crippen LogP contribution in [-0.4, -0.2) is 5.11 Å². The fraction of sp³-hybridized carbons (Fsp3) is 0.200. The summed E-state index contributed by atoms with van der Waals surface area (Å²) in [5.74, 6) is 0.348. The molecule has 2 rings (SSSR count). The molecule has 3 heteroatoms. The van der Waals surface area contributed by atoms with E-state index >= 15 is 0 Å². The van der Waals surface area contributed by atoms with E-state index in [1.54, 1.807) is 43.3 Å². The summed E-state index contributed by atoms with van der Waals surface area (Å²) in [6, 6.07) is 13.7. The number of halogens is 1. The first kappa shape index (κ1) is 12.6. The Morgan fingerprint density at radius 1 is 1.17 bits per heavy atom. The van der Waals surface area contributed by atoms with Crippen LogP contribution in [0.4, 0.5) is 4.39 Å². The zero-order valence-electron chi connectivity index (χ0n) is 10.1. The van der Waals surface area contributed by atoms with Gasteiger partial charge in [-0.15, -0.1) is 0 Å². The summed E-state index contributed by atoms with van der Waals surface area (Å²) >= 11 is 0. The molecular weight excluding hydrogens is 231 g/mol. The molecule has 0 aliphatic rings. The second-order valence-electron chi connectivity index (χ2n) is 4.13. The van der Waals surface area contributed by atoms with Gasteiger partial charge >= 0.3 is 0 Å². The number of hydrogen-bond donors (Lipinski definition) is 1. The van der Waals surface area contributed by atoms with Gasteiger partial charge in [-0.3, -0.25) is 0 Å². The molecule has 0 aliphatic carbocycles. The second kappa shape index (κ2) is 5.65. The van der Waals surface area contributed by atoms with Gasteiger partial charge in [-0.25, -0.2) is 4.39 Å². The van der Waals surface area contributed by atoms with E-state index in [0.29, 0.717) is 11.3 Å². The lowest BCUT2D eigenvalue weighted by Crippen LogP contribution is -1.99. The van der Waals surface area contributed by atoms with Crippen molar-refractivity contribution in [1.82, 2.24) is 0 Å². The molecule has 0 radical (unpaired) electrons. The van der Waals surface area contributed by atoms with Crippen molar-refractivity contribution in [2.75, 3.05) is 0 Å². The molecule has 0 heterocycles. The van der Waals surface area contributed by atoms with Crippen LogP contribution in [0.25, 0.3) is 0 Å². The molecule has 1 atom stereocenters. The van der Waals surface area contributed by atoms with E-state index < -0.39 is 6.10 Å². The quantitative estimate of drug-likeness (QED) is 0.895. The number of benzene rings is 2. The number of hydrogen-bond acceptors (Lipinski definition) is 2. The molecule has 1 N–H and O–H groups in total. The highest BCUT2D eigenvalue weighted by atomic mass is 19.1. The molecule has 2 aromatic carbocycles. The van der Waals surface area contributed by atoms with E-state index in [9.17, 15) is 9.50 Å². The van der Waals surface area contributed by atoms with Crippen molar-refractivity contribution in [3.8, 4) is 5.75 Å². The normalized spacial score (nSPS) is 12.2. The molecule has 0 amide bonds. The van der Waals surface area contributed by atoms with Crippen LogP contribution >= 0.6 is 0 Å². The van der Waals surface area contributed by atoms with E-state index in [4.69, 9.17) is 4.74 Å². The van der Waals surface area contributed by atoms with Crippen LogP contribution < -0.4 is 4.74 Å². The maximum absolute atomic E-state index is 13.4. The first-order valence-corrected chi connectivity index (χ1v) is 5.81. The lowest BCUT2D eigenvalue weighted by molar-refractivity contribution is 0.198. The van der Waals surface area contributed by atoms with E-state index in [0.717, 1.165) is 5.56 Å². The largest absolute Gasteiger partial charge is 0.489 e. The number of rotatable bonds is 4. The van der Waals surface area contributed by atoms with Gasteiger partial charge in [0.25, 0.3) is 0 Å². The van der Waals surface area contributed by atoms with Crippen LogP contribution in [0.2, 0.25) is 0 Å². The SMILES string of the molecule is C[C@@H](O)c1cccc(OCc2ccccc2F)c1. The van der Waals surface area contributed by atoms with Crippen LogP contribution in [0.1, 0.15) is 24.2 Å². The Kier molecular flexibility index (Phi) is 3.95. The maximum Gasteiger partial charge on any atom is 0.129 e.